The SMILES string of the molecule is CCCC(=O)N1CCCC1C(=O)Nc1ccc(CCC(=O)O)cc1. The minimum Gasteiger partial charge on any atom is -0.481 e. The molecule has 0 aromatic heterocycles. The van der Waals surface area contributed by atoms with Crippen molar-refractivity contribution in [1.29, 1.82) is 0 Å². The fraction of sp³-hybridized carbons (Fsp3) is 0.500. The summed E-state index contributed by atoms with van der Waals surface area (Å²) < 4.78 is 0. The second-order valence-electron chi connectivity index (χ2n) is 6.08. The lowest BCUT2D eigenvalue weighted by molar-refractivity contribution is -0.137. The molecule has 2 N–H and O–H groups in total. The predicted molar refractivity (Wildman–Crippen MR) is 90.7 cm³/mol. The van der Waals surface area contributed by atoms with E-state index in [2.05, 4.69) is 5.32 Å². The number of carboxylic acid groups (broad SMARTS) is 1. The van der Waals surface area contributed by atoms with Crippen molar-refractivity contribution < 1.29 is 19.5 Å². The number of amides is 2. The average molecular weight is 332 g/mol. The monoisotopic (exact) mass is 332 g/mol. The molecule has 6 nitrogen and oxygen atoms in total. The van der Waals surface area contributed by atoms with Crippen molar-refractivity contribution >= 4 is 23.5 Å². The summed E-state index contributed by atoms with van der Waals surface area (Å²) in [5, 5.41) is 11.5. The summed E-state index contributed by atoms with van der Waals surface area (Å²) in [4.78, 5) is 36.8. The number of anilines is 1. The maximum absolute atomic E-state index is 12.5. The quantitative estimate of drug-likeness (QED) is 0.803. The third-order valence-electron chi connectivity index (χ3n) is 4.19. The van der Waals surface area contributed by atoms with E-state index >= 15 is 0 Å². The van der Waals surface area contributed by atoms with E-state index in [4.69, 9.17) is 5.11 Å². The normalized spacial score (nSPS) is 16.9. The molecule has 2 amide bonds. The molecular weight excluding hydrogens is 308 g/mol. The molecule has 1 atom stereocenters. The molecule has 24 heavy (non-hydrogen) atoms. The van der Waals surface area contributed by atoms with E-state index in [0.29, 0.717) is 31.5 Å². The lowest BCUT2D eigenvalue weighted by atomic mass is 10.1. The molecule has 0 bridgehead atoms. The van der Waals surface area contributed by atoms with Gasteiger partial charge in [0.1, 0.15) is 6.04 Å². The molecule has 1 unspecified atom stereocenters. The molecule has 0 saturated carbocycles. The Labute approximate surface area is 141 Å². The molecule has 1 aromatic rings. The summed E-state index contributed by atoms with van der Waals surface area (Å²) in [7, 11) is 0. The highest BCUT2D eigenvalue weighted by atomic mass is 16.4. The highest BCUT2D eigenvalue weighted by Gasteiger charge is 2.33. The van der Waals surface area contributed by atoms with E-state index in [9.17, 15) is 14.4 Å². The molecule has 1 saturated heterocycles. The smallest absolute Gasteiger partial charge is 0.303 e. The third kappa shape index (κ3) is 4.81. The van der Waals surface area contributed by atoms with Crippen LogP contribution in [0, 0.1) is 0 Å². The van der Waals surface area contributed by atoms with Crippen LogP contribution in [0.1, 0.15) is 44.6 Å². The van der Waals surface area contributed by atoms with Gasteiger partial charge in [-0.25, -0.2) is 0 Å². The standard InChI is InChI=1S/C18H24N2O4/c1-2-4-16(21)20-12-3-5-15(20)18(24)19-14-9-6-13(7-10-14)8-11-17(22)23/h6-7,9-10,15H,2-5,8,11-12H2,1H3,(H,19,24)(H,22,23). The van der Waals surface area contributed by atoms with Crippen molar-refractivity contribution in [3.63, 3.8) is 0 Å². The molecular formula is C18H24N2O4. The molecule has 1 aliphatic heterocycles. The van der Waals surface area contributed by atoms with E-state index < -0.39 is 12.0 Å². The molecule has 1 fully saturated rings. The first-order valence-corrected chi connectivity index (χ1v) is 8.42. The number of carbonyl (C=O) groups is 3. The van der Waals surface area contributed by atoms with Crippen LogP contribution in [0.25, 0.3) is 0 Å². The lowest BCUT2D eigenvalue weighted by Crippen LogP contribution is -2.43. The highest BCUT2D eigenvalue weighted by molar-refractivity contribution is 5.97. The molecule has 1 heterocycles. The van der Waals surface area contributed by atoms with Crippen LogP contribution >= 0.6 is 0 Å². The first-order chi connectivity index (χ1) is 11.5. The van der Waals surface area contributed by atoms with Gasteiger partial charge in [0, 0.05) is 25.1 Å². The van der Waals surface area contributed by atoms with E-state index in [0.717, 1.165) is 18.4 Å². The van der Waals surface area contributed by atoms with Crippen LogP contribution in [-0.2, 0) is 20.8 Å². The Kier molecular flexibility index (Phi) is 6.35. The molecule has 130 valence electrons. The molecule has 6 heteroatoms. The number of carboxylic acids is 1. The van der Waals surface area contributed by atoms with Crippen LogP contribution in [0.3, 0.4) is 0 Å². The summed E-state index contributed by atoms with van der Waals surface area (Å²) in [5.41, 5.74) is 1.57. The predicted octanol–water partition coefficient (Wildman–Crippen LogP) is 2.43. The van der Waals surface area contributed by atoms with E-state index in [1.54, 1.807) is 17.0 Å². The number of aliphatic carboxylic acids is 1. The number of aryl methyl sites for hydroxylation is 1. The van der Waals surface area contributed by atoms with Gasteiger partial charge in [0.2, 0.25) is 11.8 Å². The van der Waals surface area contributed by atoms with Crippen molar-refractivity contribution in [3.05, 3.63) is 29.8 Å². The summed E-state index contributed by atoms with van der Waals surface area (Å²) in [6, 6.07) is 6.76. The van der Waals surface area contributed by atoms with Gasteiger partial charge in [0.25, 0.3) is 0 Å². The Bertz CT molecular complexity index is 598. The van der Waals surface area contributed by atoms with Gasteiger partial charge in [-0.05, 0) is 43.4 Å². The first kappa shape index (κ1) is 18.0. The molecule has 0 spiro atoms. The number of likely N-dealkylation sites (tertiary alicyclic amines) is 1. The number of rotatable bonds is 7. The molecule has 0 aliphatic carbocycles. The number of nitrogens with zero attached hydrogens (tertiary/aromatic N) is 1. The van der Waals surface area contributed by atoms with E-state index in [-0.39, 0.29) is 18.2 Å². The first-order valence-electron chi connectivity index (χ1n) is 8.42. The van der Waals surface area contributed by atoms with Crippen LogP contribution in [-0.4, -0.2) is 40.4 Å². The van der Waals surface area contributed by atoms with Gasteiger partial charge in [-0.2, -0.15) is 0 Å². The van der Waals surface area contributed by atoms with E-state index in [1.807, 2.05) is 19.1 Å². The van der Waals surface area contributed by atoms with Crippen LogP contribution < -0.4 is 5.32 Å². The Morgan fingerprint density at radius 2 is 1.92 bits per heavy atom. The number of nitrogens with one attached hydrogen (secondary N) is 1. The van der Waals surface area contributed by atoms with Gasteiger partial charge in [0.15, 0.2) is 0 Å². The van der Waals surface area contributed by atoms with Crippen LogP contribution in [0.4, 0.5) is 5.69 Å². The molecule has 1 aromatic carbocycles. The average Bonchev–Trinajstić information content (AvgIpc) is 3.04. The molecule has 1 aliphatic rings. The Morgan fingerprint density at radius 1 is 1.21 bits per heavy atom. The summed E-state index contributed by atoms with van der Waals surface area (Å²) in [6.45, 7) is 2.60. The summed E-state index contributed by atoms with van der Waals surface area (Å²) in [5.74, 6) is -0.945. The van der Waals surface area contributed by atoms with Gasteiger partial charge >= 0.3 is 5.97 Å². The number of hydrogen-bond donors (Lipinski definition) is 2. The minimum atomic E-state index is -0.828. The zero-order chi connectivity index (χ0) is 17.5. The van der Waals surface area contributed by atoms with Crippen molar-refractivity contribution in [2.45, 2.75) is 51.5 Å². The largest absolute Gasteiger partial charge is 0.481 e. The van der Waals surface area contributed by atoms with Gasteiger partial charge in [-0.3, -0.25) is 14.4 Å². The number of hydrogen-bond acceptors (Lipinski definition) is 3. The maximum Gasteiger partial charge on any atom is 0.303 e. The topological polar surface area (TPSA) is 86.7 Å². The molecule has 2 rings (SSSR count). The summed E-state index contributed by atoms with van der Waals surface area (Å²) >= 11 is 0. The zero-order valence-electron chi connectivity index (χ0n) is 14.0. The van der Waals surface area contributed by atoms with Crippen LogP contribution in [0.5, 0.6) is 0 Å². The minimum absolute atomic E-state index is 0.0409. The van der Waals surface area contributed by atoms with Crippen molar-refractivity contribution in [1.82, 2.24) is 4.90 Å². The van der Waals surface area contributed by atoms with Crippen molar-refractivity contribution in [2.75, 3.05) is 11.9 Å². The molecule has 0 radical (unpaired) electrons. The van der Waals surface area contributed by atoms with Crippen molar-refractivity contribution in [2.24, 2.45) is 0 Å². The second kappa shape index (κ2) is 8.47. The summed E-state index contributed by atoms with van der Waals surface area (Å²) in [6.07, 6.45) is 3.34. The maximum atomic E-state index is 12.5. The highest BCUT2D eigenvalue weighted by Crippen LogP contribution is 2.21. The van der Waals surface area contributed by atoms with Gasteiger partial charge in [0.05, 0.1) is 0 Å². The van der Waals surface area contributed by atoms with Crippen LogP contribution in [0.15, 0.2) is 24.3 Å². The Hall–Kier alpha value is -2.37. The fourth-order valence-electron chi connectivity index (χ4n) is 2.93. The second-order valence-corrected chi connectivity index (χ2v) is 6.08. The zero-order valence-corrected chi connectivity index (χ0v) is 14.0. The Balaban J connectivity index is 1.93. The van der Waals surface area contributed by atoms with E-state index in [1.165, 1.54) is 0 Å². The fourth-order valence-corrected chi connectivity index (χ4v) is 2.93. The lowest BCUT2D eigenvalue weighted by Gasteiger charge is -2.24. The van der Waals surface area contributed by atoms with Gasteiger partial charge in [-0.1, -0.05) is 19.1 Å². The third-order valence-corrected chi connectivity index (χ3v) is 4.19. The number of benzene rings is 1. The van der Waals surface area contributed by atoms with Gasteiger partial charge < -0.3 is 15.3 Å². The van der Waals surface area contributed by atoms with Crippen molar-refractivity contribution in [3.8, 4) is 0 Å². The Morgan fingerprint density at radius 3 is 2.54 bits per heavy atom. The van der Waals surface area contributed by atoms with Gasteiger partial charge in [-0.15, -0.1) is 0 Å². The number of carbonyl (C=O) groups excluding carboxylic acids is 2. The van der Waals surface area contributed by atoms with Crippen LogP contribution in [0.2, 0.25) is 0 Å².